The zero-order chi connectivity index (χ0) is 9.94. The van der Waals surface area contributed by atoms with Crippen LogP contribution in [0.15, 0.2) is 4.99 Å². The molecule has 0 N–H and O–H groups in total. The first kappa shape index (κ1) is 11.1. The number of aliphatic imine (C=N–C) groups is 1. The van der Waals surface area contributed by atoms with E-state index in [9.17, 15) is 4.79 Å². The molecule has 3 heteroatoms. The Bertz CT molecular complexity index is 207. The van der Waals surface area contributed by atoms with Gasteiger partial charge < -0.3 is 4.90 Å². The summed E-state index contributed by atoms with van der Waals surface area (Å²) in [5.41, 5.74) is -0.427. The van der Waals surface area contributed by atoms with E-state index in [1.54, 1.807) is 0 Å². The molecule has 0 saturated heterocycles. The molecule has 3 nitrogen and oxygen atoms in total. The number of carbonyl (C=O) groups is 1. The third kappa shape index (κ3) is 1.65. The molecule has 70 valence electrons. The highest BCUT2D eigenvalue weighted by Gasteiger charge is 2.37. The number of hydrogen-bond donors (Lipinski definition) is 0. The third-order valence-electron chi connectivity index (χ3n) is 2.11. The lowest BCUT2D eigenvalue weighted by Gasteiger charge is -2.26. The summed E-state index contributed by atoms with van der Waals surface area (Å²) >= 11 is 0. The Hall–Kier alpha value is -0.860. The molecule has 0 bridgehead atoms. The Balaban J connectivity index is 0.000000561. The van der Waals surface area contributed by atoms with Crippen LogP contribution in [-0.4, -0.2) is 29.2 Å². The van der Waals surface area contributed by atoms with Crippen LogP contribution in [0.25, 0.3) is 0 Å². The summed E-state index contributed by atoms with van der Waals surface area (Å²) in [5.74, 6) is 0.752. The van der Waals surface area contributed by atoms with E-state index in [0.29, 0.717) is 0 Å². The summed E-state index contributed by atoms with van der Waals surface area (Å²) in [4.78, 5) is 16.8. The molecule has 1 aliphatic rings. The zero-order valence-corrected chi connectivity index (χ0v) is 8.80. The smallest absolute Gasteiger partial charge is 0.272 e. The van der Waals surface area contributed by atoms with Gasteiger partial charge in [-0.1, -0.05) is 13.8 Å². The van der Waals surface area contributed by atoms with Crippen LogP contribution in [0, 0.1) is 0 Å². The maximum Gasteiger partial charge on any atom is 0.272 e. The standard InChI is InChI=1S/C7H12N2O.C2H6/c1-5-8-6(10)7(2,3)9(5)4;1-2/h1-4H3;1-2H3. The summed E-state index contributed by atoms with van der Waals surface area (Å²) < 4.78 is 0. The lowest BCUT2D eigenvalue weighted by molar-refractivity contribution is -0.123. The lowest BCUT2D eigenvalue weighted by Crippen LogP contribution is -2.43. The van der Waals surface area contributed by atoms with Gasteiger partial charge in [0.2, 0.25) is 0 Å². The van der Waals surface area contributed by atoms with Crippen molar-refractivity contribution in [3.63, 3.8) is 0 Å². The highest BCUT2D eigenvalue weighted by atomic mass is 16.2. The first-order chi connectivity index (χ1) is 5.46. The number of hydrogen-bond acceptors (Lipinski definition) is 2. The number of nitrogens with zero attached hydrogens (tertiary/aromatic N) is 2. The van der Waals surface area contributed by atoms with E-state index >= 15 is 0 Å². The van der Waals surface area contributed by atoms with Crippen molar-refractivity contribution < 1.29 is 4.79 Å². The average Bonchev–Trinajstić information content (AvgIpc) is 2.20. The van der Waals surface area contributed by atoms with E-state index in [-0.39, 0.29) is 5.91 Å². The van der Waals surface area contributed by atoms with Crippen molar-refractivity contribution in [2.45, 2.75) is 40.2 Å². The molecule has 1 rings (SSSR count). The molecule has 12 heavy (non-hydrogen) atoms. The molecule has 0 saturated carbocycles. The molecule has 0 aromatic carbocycles. The van der Waals surface area contributed by atoms with Crippen molar-refractivity contribution in [3.05, 3.63) is 0 Å². The van der Waals surface area contributed by atoms with Crippen LogP contribution in [0.2, 0.25) is 0 Å². The van der Waals surface area contributed by atoms with Crippen LogP contribution in [0.1, 0.15) is 34.6 Å². The molecule has 0 radical (unpaired) electrons. The topological polar surface area (TPSA) is 32.7 Å². The largest absolute Gasteiger partial charge is 0.349 e. The molecular formula is C9H18N2O. The van der Waals surface area contributed by atoms with E-state index in [1.165, 1.54) is 0 Å². The molecule has 1 amide bonds. The van der Waals surface area contributed by atoms with Gasteiger partial charge in [0.05, 0.1) is 0 Å². The average molecular weight is 170 g/mol. The maximum atomic E-state index is 11.1. The van der Waals surface area contributed by atoms with Crippen molar-refractivity contribution in [2.24, 2.45) is 4.99 Å². The van der Waals surface area contributed by atoms with Crippen LogP contribution in [0.5, 0.6) is 0 Å². The Morgan fingerprint density at radius 2 is 1.75 bits per heavy atom. The molecule has 1 heterocycles. The van der Waals surface area contributed by atoms with Gasteiger partial charge in [-0.05, 0) is 20.8 Å². The van der Waals surface area contributed by atoms with Gasteiger partial charge in [-0.2, -0.15) is 4.99 Å². The summed E-state index contributed by atoms with van der Waals surface area (Å²) in [6.07, 6.45) is 0. The van der Waals surface area contributed by atoms with Crippen LogP contribution in [-0.2, 0) is 4.79 Å². The Kier molecular flexibility index (Phi) is 3.43. The second kappa shape index (κ2) is 3.70. The monoisotopic (exact) mass is 170 g/mol. The normalized spacial score (nSPS) is 20.0. The van der Waals surface area contributed by atoms with Crippen LogP contribution < -0.4 is 0 Å². The van der Waals surface area contributed by atoms with Gasteiger partial charge in [0.15, 0.2) is 0 Å². The highest BCUT2D eigenvalue weighted by Crippen LogP contribution is 2.20. The minimum atomic E-state index is -0.427. The quantitative estimate of drug-likeness (QED) is 0.554. The van der Waals surface area contributed by atoms with Gasteiger partial charge in [0.25, 0.3) is 5.91 Å². The second-order valence-corrected chi connectivity index (χ2v) is 3.08. The van der Waals surface area contributed by atoms with Crippen LogP contribution in [0.3, 0.4) is 0 Å². The molecule has 0 atom stereocenters. The van der Waals surface area contributed by atoms with Gasteiger partial charge in [-0.3, -0.25) is 4.79 Å². The van der Waals surface area contributed by atoms with Gasteiger partial charge >= 0.3 is 0 Å². The number of rotatable bonds is 0. The molecule has 1 aliphatic heterocycles. The summed E-state index contributed by atoms with van der Waals surface area (Å²) in [6, 6.07) is 0. The summed E-state index contributed by atoms with van der Waals surface area (Å²) in [6.45, 7) is 9.58. The molecule has 0 spiro atoms. The molecule has 0 aromatic heterocycles. The van der Waals surface area contributed by atoms with Crippen molar-refractivity contribution >= 4 is 11.7 Å². The van der Waals surface area contributed by atoms with E-state index in [4.69, 9.17) is 0 Å². The number of likely N-dealkylation sites (N-methyl/N-ethyl adjacent to an activating group) is 1. The van der Waals surface area contributed by atoms with Crippen LogP contribution in [0.4, 0.5) is 0 Å². The molecule has 0 fully saturated rings. The minimum Gasteiger partial charge on any atom is -0.349 e. The summed E-state index contributed by atoms with van der Waals surface area (Å²) in [5, 5.41) is 0. The fourth-order valence-corrected chi connectivity index (χ4v) is 0.907. The molecule has 0 aromatic rings. The van der Waals surface area contributed by atoms with Gasteiger partial charge in [0, 0.05) is 7.05 Å². The van der Waals surface area contributed by atoms with Gasteiger partial charge in [0.1, 0.15) is 11.4 Å². The number of amidine groups is 1. The van der Waals surface area contributed by atoms with Crippen molar-refractivity contribution in [2.75, 3.05) is 7.05 Å². The van der Waals surface area contributed by atoms with Crippen molar-refractivity contribution in [1.29, 1.82) is 0 Å². The predicted molar refractivity (Wildman–Crippen MR) is 51.3 cm³/mol. The SMILES string of the molecule is CC.CC1=NC(=O)C(C)(C)N1C. The summed E-state index contributed by atoms with van der Waals surface area (Å²) in [7, 11) is 1.88. The molecular weight excluding hydrogens is 152 g/mol. The Morgan fingerprint density at radius 1 is 1.33 bits per heavy atom. The predicted octanol–water partition coefficient (Wildman–Crippen LogP) is 1.68. The van der Waals surface area contributed by atoms with Gasteiger partial charge in [-0.25, -0.2) is 0 Å². The van der Waals surface area contributed by atoms with Crippen LogP contribution >= 0.6 is 0 Å². The van der Waals surface area contributed by atoms with E-state index < -0.39 is 5.54 Å². The first-order valence-electron chi connectivity index (χ1n) is 4.30. The fourth-order valence-electron chi connectivity index (χ4n) is 0.907. The van der Waals surface area contributed by atoms with Gasteiger partial charge in [-0.15, -0.1) is 0 Å². The van der Waals surface area contributed by atoms with E-state index in [0.717, 1.165) is 5.84 Å². The highest BCUT2D eigenvalue weighted by molar-refractivity contribution is 6.04. The van der Waals surface area contributed by atoms with Crippen molar-refractivity contribution in [1.82, 2.24) is 4.90 Å². The zero-order valence-electron chi connectivity index (χ0n) is 8.80. The number of amides is 1. The first-order valence-corrected chi connectivity index (χ1v) is 4.30. The second-order valence-electron chi connectivity index (χ2n) is 3.08. The fraction of sp³-hybridized carbons (Fsp3) is 0.778. The van der Waals surface area contributed by atoms with E-state index in [2.05, 4.69) is 4.99 Å². The minimum absolute atomic E-state index is 0.0486. The lowest BCUT2D eigenvalue weighted by atomic mass is 10.1. The maximum absolute atomic E-state index is 11.1. The van der Waals surface area contributed by atoms with E-state index in [1.807, 2.05) is 46.6 Å². The molecule has 0 unspecified atom stereocenters. The Labute approximate surface area is 74.5 Å². The number of carbonyl (C=O) groups excluding carboxylic acids is 1. The Morgan fingerprint density at radius 3 is 1.83 bits per heavy atom. The third-order valence-corrected chi connectivity index (χ3v) is 2.11. The molecule has 0 aliphatic carbocycles. The van der Waals surface area contributed by atoms with Crippen molar-refractivity contribution in [3.8, 4) is 0 Å².